The van der Waals surface area contributed by atoms with E-state index in [1.165, 1.54) is 18.2 Å². The van der Waals surface area contributed by atoms with Crippen molar-refractivity contribution in [3.8, 4) is 5.75 Å². The minimum atomic E-state index is -2.99. The maximum atomic E-state index is 12.0. The fourth-order valence-corrected chi connectivity index (χ4v) is 1.36. The molecular weight excluding hydrogens is 276 g/mol. The van der Waals surface area contributed by atoms with Gasteiger partial charge >= 0.3 is 12.6 Å². The Balaban J connectivity index is 2.53. The molecule has 3 N–H and O–H groups in total. The number of halogens is 2. The summed E-state index contributed by atoms with van der Waals surface area (Å²) in [6.07, 6.45) is -1.72. The normalized spacial score (nSPS) is 12.0. The first-order valence-corrected chi connectivity index (χ1v) is 5.64. The zero-order valence-corrected chi connectivity index (χ0v) is 10.3. The zero-order chi connectivity index (χ0) is 15.1. The molecule has 8 heteroatoms. The maximum Gasteiger partial charge on any atom is 0.387 e. The van der Waals surface area contributed by atoms with Crippen LogP contribution in [0.3, 0.4) is 0 Å². The van der Waals surface area contributed by atoms with Crippen molar-refractivity contribution in [2.24, 2.45) is 0 Å². The lowest BCUT2D eigenvalue weighted by atomic mass is 10.2. The molecule has 0 saturated carbocycles. The number of carbonyl (C=O) groups is 2. The van der Waals surface area contributed by atoms with E-state index in [9.17, 15) is 18.4 Å². The zero-order valence-electron chi connectivity index (χ0n) is 10.3. The molecule has 1 aromatic carbocycles. The van der Waals surface area contributed by atoms with E-state index in [2.05, 4.69) is 10.1 Å². The highest BCUT2D eigenvalue weighted by atomic mass is 19.3. The van der Waals surface area contributed by atoms with Crippen LogP contribution in [0, 0.1) is 0 Å². The summed E-state index contributed by atoms with van der Waals surface area (Å²) in [5.74, 6) is -2.12. The van der Waals surface area contributed by atoms with E-state index >= 15 is 0 Å². The van der Waals surface area contributed by atoms with E-state index < -0.39 is 24.6 Å². The lowest BCUT2D eigenvalue weighted by molar-refractivity contribution is -0.146. The summed E-state index contributed by atoms with van der Waals surface area (Å²) in [6, 6.07) is 5.17. The smallest absolute Gasteiger partial charge is 0.387 e. The van der Waals surface area contributed by atoms with Crippen LogP contribution >= 0.6 is 0 Å². The molecule has 1 rings (SSSR count). The predicted molar refractivity (Wildman–Crippen MR) is 63.7 cm³/mol. The highest BCUT2D eigenvalue weighted by Gasteiger charge is 2.14. The summed E-state index contributed by atoms with van der Waals surface area (Å²) in [7, 11) is 0. The topological polar surface area (TPSA) is 95.9 Å². The van der Waals surface area contributed by atoms with Gasteiger partial charge in [0.25, 0.3) is 5.91 Å². The molecule has 0 saturated heterocycles. The molecule has 1 atom stereocenters. The maximum absolute atomic E-state index is 12.0. The Bertz CT molecular complexity index is 481. The van der Waals surface area contributed by atoms with Crippen molar-refractivity contribution in [3.05, 3.63) is 29.8 Å². The second-order valence-corrected chi connectivity index (χ2v) is 3.80. The Labute approximate surface area is 113 Å². The predicted octanol–water partition coefficient (Wildman–Crippen LogP) is 0.853. The number of rotatable bonds is 7. The van der Waals surface area contributed by atoms with Crippen LogP contribution in [0.5, 0.6) is 5.75 Å². The molecule has 6 nitrogen and oxygen atoms in total. The summed E-state index contributed by atoms with van der Waals surface area (Å²) < 4.78 is 28.2. The van der Waals surface area contributed by atoms with Gasteiger partial charge in [0, 0.05) is 18.5 Å². The van der Waals surface area contributed by atoms with Gasteiger partial charge in [0.1, 0.15) is 5.75 Å². The van der Waals surface area contributed by atoms with Crippen molar-refractivity contribution >= 4 is 11.9 Å². The third-order valence-electron chi connectivity index (χ3n) is 2.31. The van der Waals surface area contributed by atoms with Crippen LogP contribution in [-0.2, 0) is 4.79 Å². The molecule has 0 aliphatic heterocycles. The molecule has 20 heavy (non-hydrogen) atoms. The van der Waals surface area contributed by atoms with Gasteiger partial charge in [-0.3, -0.25) is 4.79 Å². The van der Waals surface area contributed by atoms with Crippen molar-refractivity contribution in [2.45, 2.75) is 19.1 Å². The van der Waals surface area contributed by atoms with Crippen LogP contribution in [0.25, 0.3) is 0 Å². The summed E-state index contributed by atoms with van der Waals surface area (Å²) in [5.41, 5.74) is 0.0907. The van der Waals surface area contributed by atoms with Crippen LogP contribution in [0.15, 0.2) is 24.3 Å². The van der Waals surface area contributed by atoms with Crippen molar-refractivity contribution in [1.29, 1.82) is 0 Å². The Hall–Kier alpha value is -2.22. The van der Waals surface area contributed by atoms with Gasteiger partial charge in [0.15, 0.2) is 6.10 Å². The number of ether oxygens (including phenoxy) is 1. The molecule has 0 fully saturated rings. The Morgan fingerprint density at radius 2 is 2.05 bits per heavy atom. The van der Waals surface area contributed by atoms with E-state index in [-0.39, 0.29) is 24.3 Å². The van der Waals surface area contributed by atoms with Gasteiger partial charge in [0.2, 0.25) is 0 Å². The molecule has 1 unspecified atom stereocenters. The number of carboxylic acid groups (broad SMARTS) is 1. The van der Waals surface area contributed by atoms with Gasteiger partial charge < -0.3 is 20.3 Å². The monoisotopic (exact) mass is 289 g/mol. The minimum Gasteiger partial charge on any atom is -0.479 e. The summed E-state index contributed by atoms with van der Waals surface area (Å²) in [6.45, 7) is -3.05. The molecule has 110 valence electrons. The van der Waals surface area contributed by atoms with Gasteiger partial charge in [-0.25, -0.2) is 4.79 Å². The molecule has 0 bridgehead atoms. The fraction of sp³-hybridized carbons (Fsp3) is 0.333. The van der Waals surface area contributed by atoms with Gasteiger partial charge in [0.05, 0.1) is 0 Å². The molecule has 0 aliphatic rings. The van der Waals surface area contributed by atoms with E-state index in [1.54, 1.807) is 0 Å². The van der Waals surface area contributed by atoms with Crippen molar-refractivity contribution in [2.75, 3.05) is 6.54 Å². The average molecular weight is 289 g/mol. The Morgan fingerprint density at radius 1 is 1.35 bits per heavy atom. The van der Waals surface area contributed by atoms with Crippen LogP contribution in [0.1, 0.15) is 16.8 Å². The van der Waals surface area contributed by atoms with Gasteiger partial charge in [-0.15, -0.1) is 0 Å². The molecule has 0 aromatic heterocycles. The quantitative estimate of drug-likeness (QED) is 0.691. The first-order valence-electron chi connectivity index (χ1n) is 5.64. The minimum absolute atomic E-state index is 0.0633. The number of aliphatic carboxylic acids is 1. The standard InChI is InChI=1S/C12H13F2NO5/c13-12(14)20-8-3-1-2-7(6-8)10(17)15-5-4-9(16)11(18)19/h1-3,6,9,12,16H,4-5H2,(H,15,17)(H,18,19). The van der Waals surface area contributed by atoms with Crippen molar-refractivity contribution < 1.29 is 33.3 Å². The number of amides is 1. The largest absolute Gasteiger partial charge is 0.479 e. The fourth-order valence-electron chi connectivity index (χ4n) is 1.36. The molecular formula is C12H13F2NO5. The average Bonchev–Trinajstić information content (AvgIpc) is 2.37. The number of carbonyl (C=O) groups excluding carboxylic acids is 1. The van der Waals surface area contributed by atoms with Gasteiger partial charge in [-0.1, -0.05) is 6.07 Å². The first kappa shape index (κ1) is 15.8. The van der Waals surface area contributed by atoms with Gasteiger partial charge in [-0.2, -0.15) is 8.78 Å². The lowest BCUT2D eigenvalue weighted by Gasteiger charge is -2.09. The van der Waals surface area contributed by atoms with E-state index in [4.69, 9.17) is 10.2 Å². The number of nitrogens with one attached hydrogen (secondary N) is 1. The molecule has 0 radical (unpaired) electrons. The second-order valence-electron chi connectivity index (χ2n) is 3.80. The van der Waals surface area contributed by atoms with Crippen molar-refractivity contribution in [3.63, 3.8) is 0 Å². The summed E-state index contributed by atoms with van der Waals surface area (Å²) in [4.78, 5) is 22.0. The van der Waals surface area contributed by atoms with Gasteiger partial charge in [-0.05, 0) is 18.2 Å². The number of aliphatic hydroxyl groups excluding tert-OH is 1. The van der Waals surface area contributed by atoms with E-state index in [1.807, 2.05) is 0 Å². The molecule has 0 spiro atoms. The Morgan fingerprint density at radius 3 is 2.65 bits per heavy atom. The third kappa shape index (κ3) is 5.19. The number of alkyl halides is 2. The number of hydrogen-bond acceptors (Lipinski definition) is 4. The molecule has 1 aromatic rings. The second kappa shape index (κ2) is 7.39. The van der Waals surface area contributed by atoms with Crippen LogP contribution < -0.4 is 10.1 Å². The van der Waals surface area contributed by atoms with Crippen LogP contribution in [0.4, 0.5) is 8.78 Å². The summed E-state index contributed by atoms with van der Waals surface area (Å²) >= 11 is 0. The highest BCUT2D eigenvalue weighted by molar-refractivity contribution is 5.94. The van der Waals surface area contributed by atoms with Crippen molar-refractivity contribution in [1.82, 2.24) is 5.32 Å². The third-order valence-corrected chi connectivity index (χ3v) is 2.31. The Kier molecular flexibility index (Phi) is 5.85. The summed E-state index contributed by atoms with van der Waals surface area (Å²) in [5, 5.41) is 19.8. The van der Waals surface area contributed by atoms with Crippen LogP contribution in [0.2, 0.25) is 0 Å². The molecule has 0 heterocycles. The number of benzene rings is 1. The number of hydrogen-bond donors (Lipinski definition) is 3. The van der Waals surface area contributed by atoms with Crippen LogP contribution in [-0.4, -0.2) is 41.3 Å². The molecule has 0 aliphatic carbocycles. The lowest BCUT2D eigenvalue weighted by Crippen LogP contribution is -2.30. The number of aliphatic hydroxyl groups is 1. The highest BCUT2D eigenvalue weighted by Crippen LogP contribution is 2.15. The number of carboxylic acids is 1. The van der Waals surface area contributed by atoms with E-state index in [0.29, 0.717) is 0 Å². The van der Waals surface area contributed by atoms with E-state index in [0.717, 1.165) is 6.07 Å². The first-order chi connectivity index (χ1) is 9.40. The SMILES string of the molecule is O=C(NCCC(O)C(=O)O)c1cccc(OC(F)F)c1. The molecule has 1 amide bonds.